The number of esters is 4. The minimum Gasteiger partial charge on any atom is -0.459 e. The fourth-order valence-corrected chi connectivity index (χ4v) is 3.37. The Labute approximate surface area is 239 Å². The van der Waals surface area contributed by atoms with Crippen LogP contribution in [0.5, 0.6) is 11.5 Å². The summed E-state index contributed by atoms with van der Waals surface area (Å²) in [6.07, 6.45) is 0.510. The lowest BCUT2D eigenvalue weighted by molar-refractivity contribution is -0.169. The van der Waals surface area contributed by atoms with Crippen molar-refractivity contribution in [3.05, 3.63) is 23.8 Å². The van der Waals surface area contributed by atoms with E-state index in [-0.39, 0.29) is 48.6 Å². The lowest BCUT2D eigenvalue weighted by atomic mass is 9.98. The van der Waals surface area contributed by atoms with Crippen LogP contribution >= 0.6 is 0 Å². The Morgan fingerprint density at radius 1 is 0.700 bits per heavy atom. The SMILES string of the molecule is CC(C)CCC(=O)Oc1ccc(C[C@H](N)C(=O)O[C@@H](C)[C@H](C)OC(=O)C(C)C(C)C)cc1OC(=O)CCC(C)C. The molecular formula is C31H49NO8. The summed E-state index contributed by atoms with van der Waals surface area (Å²) in [5, 5.41) is 0. The Morgan fingerprint density at radius 3 is 1.65 bits per heavy atom. The summed E-state index contributed by atoms with van der Waals surface area (Å²) in [4.78, 5) is 49.7. The molecular weight excluding hydrogens is 514 g/mol. The first-order chi connectivity index (χ1) is 18.6. The van der Waals surface area contributed by atoms with Gasteiger partial charge in [-0.2, -0.15) is 0 Å². The van der Waals surface area contributed by atoms with E-state index in [2.05, 4.69) is 0 Å². The second-order valence-corrected chi connectivity index (χ2v) is 11.7. The zero-order chi connectivity index (χ0) is 30.6. The molecule has 0 aliphatic heterocycles. The first-order valence-electron chi connectivity index (χ1n) is 14.3. The number of carbonyl (C=O) groups excluding carboxylic acids is 4. The first-order valence-corrected chi connectivity index (χ1v) is 14.3. The van der Waals surface area contributed by atoms with Crippen molar-refractivity contribution in [2.75, 3.05) is 0 Å². The molecule has 1 unspecified atom stereocenters. The molecule has 0 amide bonds. The summed E-state index contributed by atoms with van der Waals surface area (Å²) in [6, 6.07) is 3.72. The van der Waals surface area contributed by atoms with Gasteiger partial charge >= 0.3 is 23.9 Å². The number of benzene rings is 1. The van der Waals surface area contributed by atoms with Crippen LogP contribution in [0.25, 0.3) is 0 Å². The van der Waals surface area contributed by atoms with Crippen LogP contribution in [0.1, 0.15) is 93.6 Å². The van der Waals surface area contributed by atoms with Gasteiger partial charge in [0.2, 0.25) is 0 Å². The van der Waals surface area contributed by atoms with E-state index in [0.29, 0.717) is 30.2 Å². The van der Waals surface area contributed by atoms with Crippen molar-refractivity contribution in [2.24, 2.45) is 29.4 Å². The zero-order valence-electron chi connectivity index (χ0n) is 25.7. The van der Waals surface area contributed by atoms with Crippen LogP contribution in [0.3, 0.4) is 0 Å². The summed E-state index contributed by atoms with van der Waals surface area (Å²) < 4.78 is 22.0. The summed E-state index contributed by atoms with van der Waals surface area (Å²) in [6.45, 7) is 17.0. The Balaban J connectivity index is 2.93. The Kier molecular flexibility index (Phi) is 14.9. The Hall–Kier alpha value is -2.94. The summed E-state index contributed by atoms with van der Waals surface area (Å²) in [7, 11) is 0. The molecule has 0 bridgehead atoms. The molecule has 1 aromatic carbocycles. The normalized spacial score (nSPS) is 14.4. The standard InChI is InChI=1S/C31H49NO8/c1-18(2)10-14-28(33)39-26-13-12-24(17-27(26)40-29(34)15-11-19(3)4)16-25(32)31(36)38-23(9)22(8)37-30(35)21(7)20(5)6/h12-13,17-23,25H,10-11,14-16,32H2,1-9H3/t21?,22-,23-,25-/m0/s1. The molecule has 0 saturated carbocycles. The molecule has 0 heterocycles. The van der Waals surface area contributed by atoms with E-state index in [1.165, 1.54) is 6.07 Å². The molecule has 2 N–H and O–H groups in total. The zero-order valence-corrected chi connectivity index (χ0v) is 25.7. The Bertz CT molecular complexity index is 988. The average Bonchev–Trinajstić information content (AvgIpc) is 2.86. The van der Waals surface area contributed by atoms with Crippen molar-refractivity contribution in [3.8, 4) is 11.5 Å². The molecule has 0 fully saturated rings. The minimum absolute atomic E-state index is 0.0855. The van der Waals surface area contributed by atoms with E-state index >= 15 is 0 Å². The smallest absolute Gasteiger partial charge is 0.323 e. The van der Waals surface area contributed by atoms with E-state index in [1.807, 2.05) is 41.5 Å². The maximum Gasteiger partial charge on any atom is 0.323 e. The van der Waals surface area contributed by atoms with Crippen LogP contribution < -0.4 is 15.2 Å². The predicted molar refractivity (Wildman–Crippen MR) is 153 cm³/mol. The van der Waals surface area contributed by atoms with E-state index in [0.717, 1.165) is 0 Å². The van der Waals surface area contributed by atoms with Gasteiger partial charge in [-0.3, -0.25) is 19.2 Å². The predicted octanol–water partition coefficient (Wildman–Crippen LogP) is 5.40. The lowest BCUT2D eigenvalue weighted by Crippen LogP contribution is -2.40. The summed E-state index contributed by atoms with van der Waals surface area (Å²) >= 11 is 0. The number of rotatable bonds is 16. The highest BCUT2D eigenvalue weighted by atomic mass is 16.6. The summed E-state index contributed by atoms with van der Waals surface area (Å²) in [5.74, 6) is -1.15. The quantitative estimate of drug-likeness (QED) is 0.207. The van der Waals surface area contributed by atoms with Crippen molar-refractivity contribution in [1.29, 1.82) is 0 Å². The van der Waals surface area contributed by atoms with Crippen LogP contribution in [0.4, 0.5) is 0 Å². The van der Waals surface area contributed by atoms with Gasteiger partial charge in [-0.25, -0.2) is 0 Å². The fourth-order valence-electron chi connectivity index (χ4n) is 3.37. The maximum atomic E-state index is 12.7. The van der Waals surface area contributed by atoms with Crippen molar-refractivity contribution in [3.63, 3.8) is 0 Å². The third-order valence-corrected chi connectivity index (χ3v) is 6.70. The first kappa shape index (κ1) is 35.1. The fraction of sp³-hybridized carbons (Fsp3) is 0.677. The second kappa shape index (κ2) is 17.0. The van der Waals surface area contributed by atoms with Crippen LogP contribution in [-0.2, 0) is 35.1 Å². The third kappa shape index (κ3) is 12.9. The highest BCUT2D eigenvalue weighted by Gasteiger charge is 2.27. The van der Waals surface area contributed by atoms with Gasteiger partial charge in [0.1, 0.15) is 18.2 Å². The van der Waals surface area contributed by atoms with Gasteiger partial charge in [-0.05, 0) is 68.6 Å². The van der Waals surface area contributed by atoms with E-state index in [1.54, 1.807) is 32.9 Å². The van der Waals surface area contributed by atoms with Crippen LogP contribution in [0, 0.1) is 23.7 Å². The molecule has 0 aromatic heterocycles. The molecule has 0 aliphatic rings. The largest absolute Gasteiger partial charge is 0.459 e. The molecule has 0 saturated heterocycles. The highest BCUT2D eigenvalue weighted by Crippen LogP contribution is 2.30. The van der Waals surface area contributed by atoms with Gasteiger partial charge in [-0.1, -0.05) is 54.5 Å². The van der Waals surface area contributed by atoms with Gasteiger partial charge in [0, 0.05) is 12.8 Å². The van der Waals surface area contributed by atoms with Crippen molar-refractivity contribution in [2.45, 2.75) is 113 Å². The molecule has 226 valence electrons. The van der Waals surface area contributed by atoms with E-state index < -0.39 is 36.2 Å². The molecule has 0 spiro atoms. The molecule has 0 aliphatic carbocycles. The van der Waals surface area contributed by atoms with E-state index in [4.69, 9.17) is 24.7 Å². The lowest BCUT2D eigenvalue weighted by Gasteiger charge is -2.24. The van der Waals surface area contributed by atoms with Crippen LogP contribution in [-0.4, -0.2) is 42.1 Å². The van der Waals surface area contributed by atoms with Crippen molar-refractivity contribution < 1.29 is 38.1 Å². The van der Waals surface area contributed by atoms with Crippen molar-refractivity contribution in [1.82, 2.24) is 0 Å². The Morgan fingerprint density at radius 2 is 1.18 bits per heavy atom. The van der Waals surface area contributed by atoms with Crippen LogP contribution in [0.15, 0.2) is 18.2 Å². The third-order valence-electron chi connectivity index (χ3n) is 6.70. The van der Waals surface area contributed by atoms with Gasteiger partial charge < -0.3 is 24.7 Å². The number of ether oxygens (including phenoxy) is 4. The van der Waals surface area contributed by atoms with Gasteiger partial charge in [0.15, 0.2) is 11.5 Å². The highest BCUT2D eigenvalue weighted by molar-refractivity contribution is 5.77. The number of nitrogens with two attached hydrogens (primary N) is 1. The number of carbonyl (C=O) groups is 4. The van der Waals surface area contributed by atoms with Gasteiger partial charge in [-0.15, -0.1) is 0 Å². The van der Waals surface area contributed by atoms with Gasteiger partial charge in [0.05, 0.1) is 5.92 Å². The minimum atomic E-state index is -1.02. The molecule has 4 atom stereocenters. The molecule has 9 nitrogen and oxygen atoms in total. The second-order valence-electron chi connectivity index (χ2n) is 11.7. The van der Waals surface area contributed by atoms with Gasteiger partial charge in [0.25, 0.3) is 0 Å². The molecule has 0 radical (unpaired) electrons. The topological polar surface area (TPSA) is 131 Å². The molecule has 1 aromatic rings. The van der Waals surface area contributed by atoms with E-state index in [9.17, 15) is 19.2 Å². The monoisotopic (exact) mass is 563 g/mol. The number of hydrogen-bond acceptors (Lipinski definition) is 9. The van der Waals surface area contributed by atoms with Crippen molar-refractivity contribution >= 4 is 23.9 Å². The molecule has 1 rings (SSSR count). The molecule has 9 heteroatoms. The van der Waals surface area contributed by atoms with Crippen LogP contribution in [0.2, 0.25) is 0 Å². The number of hydrogen-bond donors (Lipinski definition) is 1. The average molecular weight is 564 g/mol. The summed E-state index contributed by atoms with van der Waals surface area (Å²) in [5.41, 5.74) is 6.72. The maximum absolute atomic E-state index is 12.7. The molecule has 40 heavy (non-hydrogen) atoms.